The number of nitrogens with zero attached hydrogens (tertiary/aromatic N) is 2. The van der Waals surface area contributed by atoms with Crippen LogP contribution in [0.4, 0.5) is 5.69 Å². The van der Waals surface area contributed by atoms with Gasteiger partial charge in [-0.1, -0.05) is 30.4 Å². The third-order valence-corrected chi connectivity index (χ3v) is 5.70. The van der Waals surface area contributed by atoms with E-state index in [-0.39, 0.29) is 55.0 Å². The number of likely N-dealkylation sites (N-methyl/N-ethyl adjacent to an activating group) is 1. The molecule has 2 atom stereocenters. The highest BCUT2D eigenvalue weighted by molar-refractivity contribution is 6.05. The highest BCUT2D eigenvalue weighted by Crippen LogP contribution is 2.35. The van der Waals surface area contributed by atoms with E-state index in [4.69, 9.17) is 0 Å². The molecule has 7 nitrogen and oxygen atoms in total. The second-order valence-corrected chi connectivity index (χ2v) is 7.80. The molecule has 154 valence electrons. The maximum atomic E-state index is 12.5. The van der Waals surface area contributed by atoms with Crippen molar-refractivity contribution in [2.45, 2.75) is 33.1 Å². The van der Waals surface area contributed by atoms with Gasteiger partial charge in [-0.3, -0.25) is 24.1 Å². The number of anilines is 1. The van der Waals surface area contributed by atoms with Gasteiger partial charge in [0, 0.05) is 25.7 Å². The molecule has 0 radical (unpaired) electrons. The summed E-state index contributed by atoms with van der Waals surface area (Å²) < 4.78 is 0. The van der Waals surface area contributed by atoms with Gasteiger partial charge in [-0.25, -0.2) is 0 Å². The zero-order valence-corrected chi connectivity index (χ0v) is 17.1. The lowest BCUT2D eigenvalue weighted by atomic mass is 9.85. The largest absolute Gasteiger partial charge is 0.336 e. The number of imide groups is 1. The van der Waals surface area contributed by atoms with Crippen LogP contribution in [-0.4, -0.2) is 53.6 Å². The van der Waals surface area contributed by atoms with Crippen molar-refractivity contribution in [1.29, 1.82) is 0 Å². The van der Waals surface area contributed by atoms with Crippen molar-refractivity contribution in [1.82, 2.24) is 9.80 Å². The SMILES string of the molecule is Cc1cccc(C)c1NC(=O)CN(C)C(=O)CCN1C(=O)[C@@H]2CC=CC[C@H]2C1=O. The zero-order chi connectivity index (χ0) is 21.1. The molecule has 1 N–H and O–H groups in total. The van der Waals surface area contributed by atoms with Gasteiger partial charge in [0.05, 0.1) is 18.4 Å². The monoisotopic (exact) mass is 397 g/mol. The van der Waals surface area contributed by atoms with E-state index < -0.39 is 0 Å². The van der Waals surface area contributed by atoms with Crippen LogP contribution in [0.1, 0.15) is 30.4 Å². The van der Waals surface area contributed by atoms with Gasteiger partial charge in [0.15, 0.2) is 0 Å². The van der Waals surface area contributed by atoms with Gasteiger partial charge in [-0.05, 0) is 37.8 Å². The molecular weight excluding hydrogens is 370 g/mol. The van der Waals surface area contributed by atoms with Crippen molar-refractivity contribution < 1.29 is 19.2 Å². The average molecular weight is 397 g/mol. The Morgan fingerprint density at radius 3 is 2.17 bits per heavy atom. The summed E-state index contributed by atoms with van der Waals surface area (Å²) >= 11 is 0. The number of amides is 4. The van der Waals surface area contributed by atoms with E-state index >= 15 is 0 Å². The van der Waals surface area contributed by atoms with Crippen LogP contribution in [-0.2, 0) is 19.2 Å². The standard InChI is InChI=1S/C22H27N3O4/c1-14-7-6-8-15(2)20(14)23-18(26)13-24(3)19(27)11-12-25-21(28)16-9-4-5-10-17(16)22(25)29/h4-8,16-17H,9-13H2,1-3H3,(H,23,26)/t16-,17-/m1/s1. The second kappa shape index (κ2) is 8.59. The van der Waals surface area contributed by atoms with Crippen LogP contribution < -0.4 is 5.32 Å². The first-order valence-corrected chi connectivity index (χ1v) is 9.90. The summed E-state index contributed by atoms with van der Waals surface area (Å²) in [5.74, 6) is -1.52. The number of rotatable bonds is 6. The first-order valence-electron chi connectivity index (χ1n) is 9.90. The highest BCUT2D eigenvalue weighted by atomic mass is 16.2. The molecule has 29 heavy (non-hydrogen) atoms. The molecule has 2 aliphatic rings. The molecule has 1 saturated heterocycles. The van der Waals surface area contributed by atoms with Crippen LogP contribution in [0.25, 0.3) is 0 Å². The Labute approximate surface area is 170 Å². The van der Waals surface area contributed by atoms with Crippen LogP contribution >= 0.6 is 0 Å². The van der Waals surface area contributed by atoms with E-state index in [1.54, 1.807) is 7.05 Å². The van der Waals surface area contributed by atoms with Gasteiger partial charge >= 0.3 is 0 Å². The minimum Gasteiger partial charge on any atom is -0.336 e. The average Bonchev–Trinajstić information content (AvgIpc) is 2.93. The molecule has 0 aromatic heterocycles. The molecule has 0 bridgehead atoms. The number of fused-ring (bicyclic) bond motifs is 1. The lowest BCUT2D eigenvalue weighted by Gasteiger charge is -2.20. The summed E-state index contributed by atoms with van der Waals surface area (Å²) in [6.07, 6.45) is 5.04. The maximum Gasteiger partial charge on any atom is 0.243 e. The van der Waals surface area contributed by atoms with E-state index in [1.165, 1.54) is 9.80 Å². The number of para-hydroxylation sites is 1. The van der Waals surface area contributed by atoms with E-state index in [9.17, 15) is 19.2 Å². The summed E-state index contributed by atoms with van der Waals surface area (Å²) in [5, 5.41) is 2.85. The topological polar surface area (TPSA) is 86.8 Å². The quantitative estimate of drug-likeness (QED) is 0.588. The number of carbonyl (C=O) groups excluding carboxylic acids is 4. The number of benzene rings is 1. The number of aryl methyl sites for hydroxylation is 2. The number of allylic oxidation sites excluding steroid dienone is 2. The summed E-state index contributed by atoms with van der Waals surface area (Å²) in [5.41, 5.74) is 2.66. The summed E-state index contributed by atoms with van der Waals surface area (Å²) in [7, 11) is 1.55. The Bertz CT molecular complexity index is 831. The molecule has 1 fully saturated rings. The van der Waals surface area contributed by atoms with Crippen LogP contribution in [0.2, 0.25) is 0 Å². The van der Waals surface area contributed by atoms with Crippen LogP contribution in [0.5, 0.6) is 0 Å². The van der Waals surface area contributed by atoms with Crippen LogP contribution in [0.15, 0.2) is 30.4 Å². The van der Waals surface area contributed by atoms with Crippen molar-refractivity contribution in [3.63, 3.8) is 0 Å². The number of carbonyl (C=O) groups is 4. The fourth-order valence-corrected chi connectivity index (χ4v) is 3.98. The Hall–Kier alpha value is -2.96. The molecule has 0 saturated carbocycles. The molecule has 3 rings (SSSR count). The summed E-state index contributed by atoms with van der Waals surface area (Å²) in [4.78, 5) is 52.2. The normalized spacial score (nSPS) is 20.6. The fourth-order valence-electron chi connectivity index (χ4n) is 3.98. The third-order valence-electron chi connectivity index (χ3n) is 5.70. The van der Waals surface area contributed by atoms with Crippen molar-refractivity contribution in [3.8, 4) is 0 Å². The minimum absolute atomic E-state index is 0.0114. The lowest BCUT2D eigenvalue weighted by Crippen LogP contribution is -2.38. The fraction of sp³-hybridized carbons (Fsp3) is 0.455. The highest BCUT2D eigenvalue weighted by Gasteiger charge is 2.46. The van der Waals surface area contributed by atoms with Crippen molar-refractivity contribution in [3.05, 3.63) is 41.5 Å². The smallest absolute Gasteiger partial charge is 0.243 e. The molecule has 1 aliphatic carbocycles. The van der Waals surface area contributed by atoms with E-state index in [0.717, 1.165) is 16.8 Å². The summed E-state index contributed by atoms with van der Waals surface area (Å²) in [6, 6.07) is 5.74. The van der Waals surface area contributed by atoms with Crippen molar-refractivity contribution in [2.75, 3.05) is 25.5 Å². The van der Waals surface area contributed by atoms with Gasteiger partial charge in [0.25, 0.3) is 0 Å². The van der Waals surface area contributed by atoms with Gasteiger partial charge in [-0.2, -0.15) is 0 Å². The van der Waals surface area contributed by atoms with Gasteiger partial charge in [0.2, 0.25) is 23.6 Å². The predicted molar refractivity (Wildman–Crippen MR) is 109 cm³/mol. The molecule has 4 amide bonds. The van der Waals surface area contributed by atoms with Crippen LogP contribution in [0, 0.1) is 25.7 Å². The first kappa shape index (κ1) is 20.8. The molecule has 1 aromatic rings. The number of nitrogens with one attached hydrogen (secondary N) is 1. The molecule has 0 unspecified atom stereocenters. The van der Waals surface area contributed by atoms with E-state index in [2.05, 4.69) is 5.32 Å². The van der Waals surface area contributed by atoms with E-state index in [1.807, 2.05) is 44.2 Å². The number of hydrogen-bond acceptors (Lipinski definition) is 4. The van der Waals surface area contributed by atoms with Gasteiger partial charge < -0.3 is 10.2 Å². The summed E-state index contributed by atoms with van der Waals surface area (Å²) in [6.45, 7) is 3.79. The Kier molecular flexibility index (Phi) is 6.15. The molecule has 0 spiro atoms. The lowest BCUT2D eigenvalue weighted by molar-refractivity contribution is -0.141. The number of hydrogen-bond donors (Lipinski definition) is 1. The Morgan fingerprint density at radius 1 is 1.07 bits per heavy atom. The Morgan fingerprint density at radius 2 is 1.62 bits per heavy atom. The Balaban J connectivity index is 1.51. The molecular formula is C22H27N3O4. The minimum atomic E-state index is -0.288. The maximum absolute atomic E-state index is 12.5. The zero-order valence-electron chi connectivity index (χ0n) is 17.1. The molecule has 1 heterocycles. The second-order valence-electron chi connectivity index (χ2n) is 7.80. The third kappa shape index (κ3) is 4.39. The molecule has 1 aromatic carbocycles. The van der Waals surface area contributed by atoms with Crippen LogP contribution in [0.3, 0.4) is 0 Å². The molecule has 1 aliphatic heterocycles. The first-order chi connectivity index (χ1) is 13.8. The molecule has 7 heteroatoms. The predicted octanol–water partition coefficient (Wildman–Crippen LogP) is 2.04. The van der Waals surface area contributed by atoms with E-state index in [0.29, 0.717) is 12.8 Å². The number of likely N-dealkylation sites (tertiary alicyclic amines) is 1. The van der Waals surface area contributed by atoms with Crippen molar-refractivity contribution in [2.24, 2.45) is 11.8 Å². The van der Waals surface area contributed by atoms with Crippen molar-refractivity contribution >= 4 is 29.3 Å². The van der Waals surface area contributed by atoms with Gasteiger partial charge in [0.1, 0.15) is 0 Å². The van der Waals surface area contributed by atoms with Gasteiger partial charge in [-0.15, -0.1) is 0 Å².